The van der Waals surface area contributed by atoms with Gasteiger partial charge in [0.05, 0.1) is 0 Å². The van der Waals surface area contributed by atoms with Crippen molar-refractivity contribution >= 4 is 12.4 Å². The van der Waals surface area contributed by atoms with Crippen molar-refractivity contribution in [2.75, 3.05) is 0 Å². The van der Waals surface area contributed by atoms with E-state index in [9.17, 15) is 9.59 Å². The third-order valence-electron chi connectivity index (χ3n) is 11.1. The standard InChI is InChI=1S/C50H86O4/c1-4-7-10-12-14-16-18-20-22-24-26-28-30-32-34-37-39-47(40-38-35-33-31-29-27-25-23-21-19-17-15-13-11-8-5-2)54-50(52)44-46-42-43-49(53-45-51)48(46)41-36-9-6-3/h9,14-17,20-23,36,45-49H,4-8,10-13,18-19,24-35,37-44H2,1-3H3/b16-14-,17-15-,22-20-,23-21-,36-9-. The Labute approximate surface area is 335 Å². The monoisotopic (exact) mass is 751 g/mol. The van der Waals surface area contributed by atoms with Gasteiger partial charge in [0.15, 0.2) is 0 Å². The van der Waals surface area contributed by atoms with Crippen LogP contribution in [0.2, 0.25) is 0 Å². The summed E-state index contributed by atoms with van der Waals surface area (Å²) in [7, 11) is 0. The first-order valence-electron chi connectivity index (χ1n) is 23.2. The van der Waals surface area contributed by atoms with Crippen LogP contribution in [0.4, 0.5) is 0 Å². The molecule has 0 saturated heterocycles. The minimum absolute atomic E-state index is 0.0241. The van der Waals surface area contributed by atoms with Crippen molar-refractivity contribution in [2.24, 2.45) is 11.8 Å². The highest BCUT2D eigenvalue weighted by Crippen LogP contribution is 2.39. The topological polar surface area (TPSA) is 52.6 Å². The first-order valence-corrected chi connectivity index (χ1v) is 23.2. The molecular weight excluding hydrogens is 665 g/mol. The average molecular weight is 751 g/mol. The van der Waals surface area contributed by atoms with Gasteiger partial charge in [0.1, 0.15) is 12.2 Å². The molecule has 0 bridgehead atoms. The van der Waals surface area contributed by atoms with Crippen LogP contribution >= 0.6 is 0 Å². The molecule has 1 aliphatic carbocycles. The summed E-state index contributed by atoms with van der Waals surface area (Å²) in [5, 5.41) is 0. The zero-order valence-electron chi connectivity index (χ0n) is 35.7. The molecule has 0 aliphatic heterocycles. The molecule has 0 amide bonds. The number of carbonyl (C=O) groups excluding carboxylic acids is 2. The summed E-state index contributed by atoms with van der Waals surface area (Å²) >= 11 is 0. The summed E-state index contributed by atoms with van der Waals surface area (Å²) < 4.78 is 11.7. The van der Waals surface area contributed by atoms with Crippen LogP contribution in [-0.2, 0) is 19.1 Å². The van der Waals surface area contributed by atoms with Gasteiger partial charge >= 0.3 is 5.97 Å². The number of hydrogen-bond donors (Lipinski definition) is 0. The second-order valence-electron chi connectivity index (χ2n) is 15.9. The third-order valence-corrected chi connectivity index (χ3v) is 11.1. The fourth-order valence-corrected chi connectivity index (χ4v) is 7.80. The molecule has 3 unspecified atom stereocenters. The third kappa shape index (κ3) is 29.9. The molecule has 0 aromatic rings. The average Bonchev–Trinajstić information content (AvgIpc) is 3.54. The molecule has 0 N–H and O–H groups in total. The number of carbonyl (C=O) groups is 2. The van der Waals surface area contributed by atoms with Gasteiger partial charge in [0, 0.05) is 12.3 Å². The van der Waals surface area contributed by atoms with Crippen LogP contribution < -0.4 is 0 Å². The molecular formula is C50H86O4. The molecule has 4 nitrogen and oxygen atoms in total. The highest BCUT2D eigenvalue weighted by atomic mass is 16.5. The molecule has 0 spiro atoms. The van der Waals surface area contributed by atoms with Gasteiger partial charge in [-0.3, -0.25) is 9.59 Å². The van der Waals surface area contributed by atoms with Crippen LogP contribution in [0.3, 0.4) is 0 Å². The van der Waals surface area contributed by atoms with Crippen molar-refractivity contribution in [3.63, 3.8) is 0 Å². The van der Waals surface area contributed by atoms with Crippen molar-refractivity contribution in [3.05, 3.63) is 60.8 Å². The molecule has 310 valence electrons. The molecule has 1 saturated carbocycles. The number of unbranched alkanes of at least 4 members (excludes halogenated alkanes) is 18. The van der Waals surface area contributed by atoms with Gasteiger partial charge in [-0.25, -0.2) is 0 Å². The Bertz CT molecular complexity index is 943. The summed E-state index contributed by atoms with van der Waals surface area (Å²) in [4.78, 5) is 24.5. The fourth-order valence-electron chi connectivity index (χ4n) is 7.80. The molecule has 0 aromatic heterocycles. The number of hydrogen-bond acceptors (Lipinski definition) is 4. The van der Waals surface area contributed by atoms with Crippen molar-refractivity contribution in [1.82, 2.24) is 0 Å². The maximum atomic E-state index is 13.3. The van der Waals surface area contributed by atoms with Crippen LogP contribution in [0, 0.1) is 11.8 Å². The lowest BCUT2D eigenvalue weighted by Gasteiger charge is -2.24. The molecule has 1 aliphatic rings. The summed E-state index contributed by atoms with van der Waals surface area (Å²) in [5.41, 5.74) is 0. The largest absolute Gasteiger partial charge is 0.464 e. The predicted octanol–water partition coefficient (Wildman–Crippen LogP) is 15.6. The lowest BCUT2D eigenvalue weighted by Crippen LogP contribution is -2.25. The Morgan fingerprint density at radius 2 is 1.02 bits per heavy atom. The smallest absolute Gasteiger partial charge is 0.306 e. The maximum Gasteiger partial charge on any atom is 0.306 e. The molecule has 1 fully saturated rings. The Hall–Kier alpha value is -2.36. The van der Waals surface area contributed by atoms with Gasteiger partial charge in [-0.2, -0.15) is 0 Å². The summed E-state index contributed by atoms with van der Waals surface area (Å²) in [6, 6.07) is 0. The molecule has 1 rings (SSSR count). The first-order chi connectivity index (χ1) is 26.7. The van der Waals surface area contributed by atoms with E-state index in [2.05, 4.69) is 81.5 Å². The van der Waals surface area contributed by atoms with Crippen molar-refractivity contribution in [1.29, 1.82) is 0 Å². The highest BCUT2D eigenvalue weighted by molar-refractivity contribution is 5.70. The quantitative estimate of drug-likeness (QED) is 0.0273. The van der Waals surface area contributed by atoms with E-state index < -0.39 is 0 Å². The van der Waals surface area contributed by atoms with E-state index in [0.29, 0.717) is 12.9 Å². The minimum Gasteiger partial charge on any atom is -0.464 e. The summed E-state index contributed by atoms with van der Waals surface area (Å²) in [5.74, 6) is 0.360. The summed E-state index contributed by atoms with van der Waals surface area (Å²) in [6.45, 7) is 7.22. The Balaban J connectivity index is 2.40. The zero-order chi connectivity index (χ0) is 39.0. The lowest BCUT2D eigenvalue weighted by molar-refractivity contribution is -0.151. The van der Waals surface area contributed by atoms with Crippen molar-refractivity contribution in [3.8, 4) is 0 Å². The van der Waals surface area contributed by atoms with Crippen LogP contribution in [0.5, 0.6) is 0 Å². The van der Waals surface area contributed by atoms with Crippen molar-refractivity contribution in [2.45, 2.75) is 232 Å². The van der Waals surface area contributed by atoms with E-state index >= 15 is 0 Å². The molecule has 54 heavy (non-hydrogen) atoms. The second kappa shape index (κ2) is 38.9. The maximum absolute atomic E-state index is 13.3. The highest BCUT2D eigenvalue weighted by Gasteiger charge is 2.38. The Kier molecular flexibility index (Phi) is 35.8. The van der Waals surface area contributed by atoms with Crippen LogP contribution in [0.25, 0.3) is 0 Å². The number of allylic oxidation sites excluding steroid dienone is 10. The van der Waals surface area contributed by atoms with E-state index in [-0.39, 0.29) is 30.0 Å². The van der Waals surface area contributed by atoms with E-state index in [0.717, 1.165) is 64.2 Å². The fraction of sp³-hybridized carbons (Fsp3) is 0.760. The SMILES string of the molecule is CC/C=C\CC1C(CC(=O)OC(CCCCCCCC/C=C\C/C=C\CCCCC)CCCCCCCC/C=C\C/C=C\CCCCC)CCC1OC=O. The number of ether oxygens (including phenoxy) is 2. The van der Waals surface area contributed by atoms with E-state index in [1.165, 1.54) is 128 Å². The lowest BCUT2D eigenvalue weighted by atomic mass is 9.88. The van der Waals surface area contributed by atoms with Gasteiger partial charge in [-0.05, 0) is 121 Å². The zero-order valence-corrected chi connectivity index (χ0v) is 35.7. The predicted molar refractivity (Wildman–Crippen MR) is 234 cm³/mol. The van der Waals surface area contributed by atoms with Crippen LogP contribution in [-0.4, -0.2) is 24.6 Å². The first kappa shape index (κ1) is 49.7. The number of rotatable bonds is 38. The molecule has 4 heteroatoms. The van der Waals surface area contributed by atoms with E-state index in [1.807, 2.05) is 0 Å². The number of esters is 1. The second-order valence-corrected chi connectivity index (χ2v) is 15.9. The normalized spacial score (nSPS) is 17.8. The van der Waals surface area contributed by atoms with Crippen LogP contribution in [0.15, 0.2) is 60.8 Å². The van der Waals surface area contributed by atoms with Crippen molar-refractivity contribution < 1.29 is 19.1 Å². The molecule has 0 aromatic carbocycles. The summed E-state index contributed by atoms with van der Waals surface area (Å²) in [6.07, 6.45) is 58.8. The van der Waals surface area contributed by atoms with E-state index in [1.54, 1.807) is 0 Å². The van der Waals surface area contributed by atoms with Gasteiger partial charge in [0.2, 0.25) is 0 Å². The molecule has 0 heterocycles. The van der Waals surface area contributed by atoms with Gasteiger partial charge in [-0.1, -0.05) is 159 Å². The van der Waals surface area contributed by atoms with Crippen LogP contribution in [0.1, 0.15) is 220 Å². The van der Waals surface area contributed by atoms with Gasteiger partial charge in [-0.15, -0.1) is 0 Å². The van der Waals surface area contributed by atoms with Gasteiger partial charge in [0.25, 0.3) is 6.47 Å². The minimum atomic E-state index is -0.0887. The Morgan fingerprint density at radius 3 is 1.48 bits per heavy atom. The Morgan fingerprint density at radius 1 is 0.556 bits per heavy atom. The van der Waals surface area contributed by atoms with Gasteiger partial charge < -0.3 is 9.47 Å². The molecule has 3 atom stereocenters. The van der Waals surface area contributed by atoms with E-state index in [4.69, 9.17) is 9.47 Å². The molecule has 0 radical (unpaired) electrons.